The summed E-state index contributed by atoms with van der Waals surface area (Å²) in [6.45, 7) is 14.8. The van der Waals surface area contributed by atoms with E-state index < -0.39 is 20.7 Å². The predicted octanol–water partition coefficient (Wildman–Crippen LogP) is 11.3. The molecular formula is C43H64ClNO2PPd. The molecule has 0 atom stereocenters. The normalized spacial score (nSPS) is 17.2. The second-order valence-corrected chi connectivity index (χ2v) is 29.2. The van der Waals surface area contributed by atoms with Crippen LogP contribution in [0.4, 0.5) is 0 Å². The maximum atomic E-state index is 8.57. The zero-order valence-corrected chi connectivity index (χ0v) is 34.9. The molecule has 2 fully saturated rings. The minimum atomic E-state index is -2.63. The standard InChI is InChI=1S/C35H53O2P.C8H10N.ClH.Pd/c1-23(2)26-21-29(24(3)4)33(30(22-26)25(5)6)34-31(36-7)19-20-32(37-8)35(34)38(27-15-11-9-12-16-27)28-17-13-10-14-18-28;9-7-6-8-4-2-1-3-5-8;;/h19-25,27-28H,9-18H2,1-8H3;1-4H,6-7,9H2;1H;. The van der Waals surface area contributed by atoms with E-state index in [1.54, 1.807) is 0 Å². The molecule has 3 aromatic carbocycles. The summed E-state index contributed by atoms with van der Waals surface area (Å²) in [6, 6.07) is 18.5. The Hall–Kier alpha value is -1.40. The summed E-state index contributed by atoms with van der Waals surface area (Å²) in [4.78, 5) is 0. The van der Waals surface area contributed by atoms with E-state index in [1.807, 2.05) is 14.2 Å². The van der Waals surface area contributed by atoms with E-state index in [0.717, 1.165) is 17.9 Å². The van der Waals surface area contributed by atoms with Crippen molar-refractivity contribution in [1.29, 1.82) is 0 Å². The first-order chi connectivity index (χ1) is 23.6. The summed E-state index contributed by atoms with van der Waals surface area (Å²) < 4.78 is 14.6. The van der Waals surface area contributed by atoms with Crippen LogP contribution >= 0.6 is 15.0 Å². The zero-order chi connectivity index (χ0) is 35.3. The predicted molar refractivity (Wildman–Crippen MR) is 214 cm³/mol. The molecule has 0 heterocycles. The van der Waals surface area contributed by atoms with Gasteiger partial charge in [0.05, 0.1) is 0 Å². The minimum absolute atomic E-state index is 0.350. The topological polar surface area (TPSA) is 44.5 Å². The molecule has 3 nitrogen and oxygen atoms in total. The van der Waals surface area contributed by atoms with Gasteiger partial charge < -0.3 is 0 Å². The van der Waals surface area contributed by atoms with Crippen molar-refractivity contribution in [3.8, 4) is 22.6 Å². The molecule has 0 radical (unpaired) electrons. The number of nitrogens with two attached hydrogens (primary N) is 1. The summed E-state index contributed by atoms with van der Waals surface area (Å²) in [5.41, 5.74) is 13.2. The molecule has 0 saturated heterocycles. The molecule has 0 spiro atoms. The molecule has 275 valence electrons. The first-order valence-corrected chi connectivity index (χ1v) is 26.2. The average molecular weight is 800 g/mol. The van der Waals surface area contributed by atoms with Crippen LogP contribution in [0.25, 0.3) is 11.1 Å². The number of halogens is 1. The summed E-state index contributed by atoms with van der Waals surface area (Å²) >= 11 is -1.84. The van der Waals surface area contributed by atoms with Gasteiger partial charge in [-0.25, -0.2) is 0 Å². The fourth-order valence-electron chi connectivity index (χ4n) is 8.92. The van der Waals surface area contributed by atoms with Crippen LogP contribution in [-0.4, -0.2) is 32.1 Å². The van der Waals surface area contributed by atoms with Gasteiger partial charge in [-0.05, 0) is 0 Å². The van der Waals surface area contributed by atoms with Gasteiger partial charge in [0, 0.05) is 0 Å². The first-order valence-electron chi connectivity index (χ1n) is 19.1. The first kappa shape index (κ1) is 38.8. The Morgan fingerprint density at radius 1 is 0.714 bits per heavy atom. The molecule has 5 rings (SSSR count). The van der Waals surface area contributed by atoms with E-state index in [2.05, 4.69) is 90.1 Å². The Morgan fingerprint density at radius 2 is 1.22 bits per heavy atom. The number of rotatable bonds is 13. The van der Waals surface area contributed by atoms with Crippen molar-refractivity contribution in [2.24, 2.45) is 5.73 Å². The molecule has 2 aliphatic rings. The van der Waals surface area contributed by atoms with Gasteiger partial charge in [-0.1, -0.05) is 0 Å². The quantitative estimate of drug-likeness (QED) is 0.138. The van der Waals surface area contributed by atoms with E-state index in [0.29, 0.717) is 35.6 Å². The van der Waals surface area contributed by atoms with Crippen molar-refractivity contribution in [3.05, 3.63) is 70.8 Å². The third kappa shape index (κ3) is 7.72. The summed E-state index contributed by atoms with van der Waals surface area (Å²) in [5, 5.41) is 1.48. The van der Waals surface area contributed by atoms with Crippen LogP contribution in [0.3, 0.4) is 0 Å². The van der Waals surface area contributed by atoms with Crippen LogP contribution in [0.2, 0.25) is 0 Å². The molecule has 49 heavy (non-hydrogen) atoms. The molecule has 2 N–H and O–H groups in total. The van der Waals surface area contributed by atoms with Gasteiger partial charge in [0.2, 0.25) is 0 Å². The van der Waals surface area contributed by atoms with E-state index >= 15 is 0 Å². The SMILES string of the molecule is COc1ccc(OC)c([PH](C2CCCCC2)(C2CCCCC2)[Pd]([Cl])[c]2ccccc2CCN)c1-c1c(C(C)C)cc(C(C)C)cc1C(C)C. The monoisotopic (exact) mass is 798 g/mol. The van der Waals surface area contributed by atoms with Gasteiger partial charge >= 0.3 is 310 Å². The Bertz CT molecular complexity index is 1500. The van der Waals surface area contributed by atoms with Gasteiger partial charge in [0.1, 0.15) is 0 Å². The molecule has 2 saturated carbocycles. The van der Waals surface area contributed by atoms with Crippen molar-refractivity contribution >= 4 is 24.3 Å². The zero-order valence-electron chi connectivity index (χ0n) is 31.6. The van der Waals surface area contributed by atoms with Gasteiger partial charge in [-0.2, -0.15) is 0 Å². The van der Waals surface area contributed by atoms with Crippen molar-refractivity contribution in [2.45, 2.75) is 141 Å². The van der Waals surface area contributed by atoms with Crippen LogP contribution < -0.4 is 24.5 Å². The Balaban J connectivity index is 2.02. The van der Waals surface area contributed by atoms with Crippen molar-refractivity contribution in [3.63, 3.8) is 0 Å². The second-order valence-electron chi connectivity index (χ2n) is 15.4. The number of methoxy groups -OCH3 is 2. The van der Waals surface area contributed by atoms with Crippen LogP contribution in [0.1, 0.15) is 146 Å². The second kappa shape index (κ2) is 17.4. The van der Waals surface area contributed by atoms with Crippen LogP contribution in [0.5, 0.6) is 11.5 Å². The number of benzene rings is 3. The third-order valence-electron chi connectivity index (χ3n) is 11.4. The number of hydrogen-bond donors (Lipinski definition) is 1. The summed E-state index contributed by atoms with van der Waals surface area (Å²) in [7, 11) is 12.3. The maximum absolute atomic E-state index is 8.57. The van der Waals surface area contributed by atoms with Gasteiger partial charge in [-0.3, -0.25) is 0 Å². The Labute approximate surface area is 308 Å². The molecule has 0 unspecified atom stereocenters. The molecule has 0 amide bonds. The van der Waals surface area contributed by atoms with Gasteiger partial charge in [0.15, 0.2) is 0 Å². The molecule has 0 bridgehead atoms. The van der Waals surface area contributed by atoms with E-state index in [9.17, 15) is 0 Å². The van der Waals surface area contributed by atoms with Crippen LogP contribution in [0, 0.1) is 0 Å². The van der Waals surface area contributed by atoms with Gasteiger partial charge in [-0.15, -0.1) is 0 Å². The van der Waals surface area contributed by atoms with E-state index in [-0.39, 0.29) is 0 Å². The fourth-order valence-corrected chi connectivity index (χ4v) is 32.4. The van der Waals surface area contributed by atoms with Crippen molar-refractivity contribution in [1.82, 2.24) is 0 Å². The van der Waals surface area contributed by atoms with E-state index in [1.165, 1.54) is 107 Å². The fraction of sp³-hybridized carbons (Fsp3) is 0.581. The molecule has 0 aliphatic heterocycles. The molecule has 3 aromatic rings. The molecule has 2 aliphatic carbocycles. The Morgan fingerprint density at radius 3 is 1.69 bits per heavy atom. The van der Waals surface area contributed by atoms with Crippen LogP contribution in [0.15, 0.2) is 48.5 Å². The number of hydrogen-bond acceptors (Lipinski definition) is 3. The summed E-state index contributed by atoms with van der Waals surface area (Å²) in [6.07, 6.45) is 13.8. The average Bonchev–Trinajstić information content (AvgIpc) is 3.12. The van der Waals surface area contributed by atoms with Gasteiger partial charge in [0.25, 0.3) is 0 Å². The summed E-state index contributed by atoms with van der Waals surface area (Å²) in [5.74, 6) is 3.17. The molecule has 6 heteroatoms. The van der Waals surface area contributed by atoms with Crippen LogP contribution in [-0.2, 0) is 21.7 Å². The Kier molecular flexibility index (Phi) is 13.8. The van der Waals surface area contributed by atoms with Crippen molar-refractivity contribution < 1.29 is 24.7 Å². The van der Waals surface area contributed by atoms with Crippen molar-refractivity contribution in [2.75, 3.05) is 20.8 Å². The molecular weight excluding hydrogens is 735 g/mol. The molecule has 0 aromatic heterocycles. The third-order valence-corrected chi connectivity index (χ3v) is 31.6. The number of ether oxygens (including phenoxy) is 2. The van der Waals surface area contributed by atoms with E-state index in [4.69, 9.17) is 24.7 Å².